The lowest BCUT2D eigenvalue weighted by Gasteiger charge is -1.89. The molecule has 3 heterocycles. The summed E-state index contributed by atoms with van der Waals surface area (Å²) < 4.78 is 5.29. The highest BCUT2D eigenvalue weighted by atomic mass is 16.3. The van der Waals surface area contributed by atoms with Crippen LogP contribution in [0.15, 0.2) is 26.1 Å². The van der Waals surface area contributed by atoms with Crippen LogP contribution >= 0.6 is 0 Å². The van der Waals surface area contributed by atoms with Gasteiger partial charge in [-0.25, -0.2) is 9.78 Å². The molecule has 0 bridgehead atoms. The van der Waals surface area contributed by atoms with Gasteiger partial charge >= 0.3 is 5.69 Å². The molecule has 0 atom stereocenters. The van der Waals surface area contributed by atoms with Crippen molar-refractivity contribution in [3.63, 3.8) is 0 Å². The molecule has 0 fully saturated rings. The van der Waals surface area contributed by atoms with Gasteiger partial charge in [0.05, 0.1) is 5.39 Å². The largest absolute Gasteiger partial charge is 0.430 e. The van der Waals surface area contributed by atoms with Gasteiger partial charge in [-0.1, -0.05) is 0 Å². The van der Waals surface area contributed by atoms with E-state index in [2.05, 4.69) is 15.0 Å². The molecular formula is C10H7N3O3. The first-order chi connectivity index (χ1) is 7.65. The van der Waals surface area contributed by atoms with Crippen LogP contribution in [0.1, 0.15) is 5.69 Å². The number of aryl methyl sites for hydroxylation is 1. The average molecular weight is 217 g/mol. The molecule has 3 rings (SSSR count). The second-order valence-electron chi connectivity index (χ2n) is 3.52. The van der Waals surface area contributed by atoms with E-state index in [1.54, 1.807) is 12.1 Å². The first-order valence-electron chi connectivity index (χ1n) is 4.67. The molecule has 3 aromatic rings. The predicted molar refractivity (Wildman–Crippen MR) is 57.5 cm³/mol. The summed E-state index contributed by atoms with van der Waals surface area (Å²) in [7, 11) is 0. The lowest BCUT2D eigenvalue weighted by Crippen LogP contribution is -2.20. The van der Waals surface area contributed by atoms with Crippen LogP contribution in [0, 0.1) is 6.92 Å². The second kappa shape index (κ2) is 2.82. The van der Waals surface area contributed by atoms with Crippen LogP contribution in [-0.4, -0.2) is 15.0 Å². The fourth-order valence-corrected chi connectivity index (χ4v) is 1.66. The van der Waals surface area contributed by atoms with Gasteiger partial charge < -0.3 is 9.40 Å². The standard InChI is InChI=1S/C10H7N3O3/c1-4-2-3-5-6-7(16-9(5)11-4)8(14)13-10(15)12-6/h2-3H,1H3,(H2,12,13,14,15). The Labute approximate surface area is 87.9 Å². The van der Waals surface area contributed by atoms with Crippen molar-refractivity contribution in [3.05, 3.63) is 38.7 Å². The molecule has 0 aliphatic rings. The molecule has 6 heteroatoms. The Morgan fingerprint density at radius 3 is 2.88 bits per heavy atom. The van der Waals surface area contributed by atoms with E-state index in [1.807, 2.05) is 6.92 Å². The Balaban J connectivity index is 2.66. The summed E-state index contributed by atoms with van der Waals surface area (Å²) >= 11 is 0. The summed E-state index contributed by atoms with van der Waals surface area (Å²) in [6, 6.07) is 3.55. The number of H-pyrrole nitrogens is 2. The summed E-state index contributed by atoms with van der Waals surface area (Å²) in [5.41, 5.74) is 0.506. The zero-order valence-electron chi connectivity index (χ0n) is 8.33. The summed E-state index contributed by atoms with van der Waals surface area (Å²) in [4.78, 5) is 31.4. The SMILES string of the molecule is Cc1ccc2c(n1)oc1c(=O)[nH]c(=O)[nH]c12. The zero-order chi connectivity index (χ0) is 11.3. The number of rotatable bonds is 0. The maximum Gasteiger partial charge on any atom is 0.326 e. The fourth-order valence-electron chi connectivity index (χ4n) is 1.66. The van der Waals surface area contributed by atoms with E-state index in [1.165, 1.54) is 0 Å². The quantitative estimate of drug-likeness (QED) is 0.578. The van der Waals surface area contributed by atoms with Crippen molar-refractivity contribution in [2.24, 2.45) is 0 Å². The van der Waals surface area contributed by atoms with E-state index in [4.69, 9.17) is 4.42 Å². The van der Waals surface area contributed by atoms with Crippen LogP contribution in [0.3, 0.4) is 0 Å². The smallest absolute Gasteiger partial charge is 0.326 e. The van der Waals surface area contributed by atoms with Crippen LogP contribution in [0.2, 0.25) is 0 Å². The Kier molecular flexibility index (Phi) is 1.57. The molecule has 0 aromatic carbocycles. The third kappa shape index (κ3) is 1.10. The molecule has 0 spiro atoms. The van der Waals surface area contributed by atoms with Gasteiger partial charge in [-0.3, -0.25) is 9.78 Å². The van der Waals surface area contributed by atoms with Crippen LogP contribution in [0.5, 0.6) is 0 Å². The topological polar surface area (TPSA) is 91.8 Å². The fraction of sp³-hybridized carbons (Fsp3) is 0.100. The molecule has 0 radical (unpaired) electrons. The average Bonchev–Trinajstić information content (AvgIpc) is 2.56. The molecule has 0 aliphatic heterocycles. The number of pyridine rings is 1. The molecule has 0 saturated heterocycles. The van der Waals surface area contributed by atoms with Crippen LogP contribution in [0.25, 0.3) is 22.2 Å². The van der Waals surface area contributed by atoms with Gasteiger partial charge in [0.25, 0.3) is 5.56 Å². The minimum Gasteiger partial charge on any atom is -0.430 e. The van der Waals surface area contributed by atoms with Crippen molar-refractivity contribution in [1.82, 2.24) is 15.0 Å². The van der Waals surface area contributed by atoms with Gasteiger partial charge in [-0.2, -0.15) is 0 Å². The molecular weight excluding hydrogens is 210 g/mol. The first-order valence-corrected chi connectivity index (χ1v) is 4.67. The number of aromatic nitrogens is 3. The summed E-state index contributed by atoms with van der Waals surface area (Å²) in [5.74, 6) is 0. The predicted octanol–water partition coefficient (Wildman–Crippen LogP) is 0.666. The highest BCUT2D eigenvalue weighted by molar-refractivity contribution is 6.00. The highest BCUT2D eigenvalue weighted by Gasteiger charge is 2.11. The first kappa shape index (κ1) is 8.90. The third-order valence-corrected chi connectivity index (χ3v) is 2.37. The van der Waals surface area contributed by atoms with Gasteiger partial charge in [-0.05, 0) is 19.1 Å². The summed E-state index contributed by atoms with van der Waals surface area (Å²) in [6.07, 6.45) is 0. The monoisotopic (exact) mass is 217 g/mol. The zero-order valence-corrected chi connectivity index (χ0v) is 8.33. The lowest BCUT2D eigenvalue weighted by molar-refractivity contribution is 0.645. The molecule has 6 nitrogen and oxygen atoms in total. The molecule has 0 saturated carbocycles. The number of nitrogens with one attached hydrogen (secondary N) is 2. The number of hydrogen-bond donors (Lipinski definition) is 2. The van der Waals surface area contributed by atoms with Crippen molar-refractivity contribution in [2.45, 2.75) is 6.92 Å². The van der Waals surface area contributed by atoms with Crippen LogP contribution < -0.4 is 11.2 Å². The van der Waals surface area contributed by atoms with E-state index >= 15 is 0 Å². The third-order valence-electron chi connectivity index (χ3n) is 2.37. The van der Waals surface area contributed by atoms with Crippen molar-refractivity contribution in [1.29, 1.82) is 0 Å². The van der Waals surface area contributed by atoms with Crippen molar-refractivity contribution in [3.8, 4) is 0 Å². The van der Waals surface area contributed by atoms with E-state index in [-0.39, 0.29) is 5.58 Å². The lowest BCUT2D eigenvalue weighted by atomic mass is 10.3. The Morgan fingerprint density at radius 2 is 2.06 bits per heavy atom. The number of fused-ring (bicyclic) bond motifs is 3. The molecule has 0 amide bonds. The van der Waals surface area contributed by atoms with Gasteiger partial charge in [0.15, 0.2) is 0 Å². The van der Waals surface area contributed by atoms with E-state index in [9.17, 15) is 9.59 Å². The minimum absolute atomic E-state index is 0.0905. The second-order valence-corrected chi connectivity index (χ2v) is 3.52. The van der Waals surface area contributed by atoms with Crippen LogP contribution in [0.4, 0.5) is 0 Å². The maximum absolute atomic E-state index is 11.5. The minimum atomic E-state index is -0.555. The Hall–Kier alpha value is -2.37. The summed E-state index contributed by atoms with van der Waals surface area (Å²) in [6.45, 7) is 1.82. The Morgan fingerprint density at radius 1 is 1.25 bits per heavy atom. The normalized spacial score (nSPS) is 11.3. The maximum atomic E-state index is 11.5. The van der Waals surface area contributed by atoms with Gasteiger partial charge in [0, 0.05) is 5.69 Å². The van der Waals surface area contributed by atoms with Crippen molar-refractivity contribution < 1.29 is 4.42 Å². The molecule has 3 aromatic heterocycles. The molecule has 80 valence electrons. The van der Waals surface area contributed by atoms with E-state index in [0.717, 1.165) is 5.69 Å². The number of nitrogens with zero attached hydrogens (tertiary/aromatic N) is 1. The van der Waals surface area contributed by atoms with Gasteiger partial charge in [0.1, 0.15) is 5.52 Å². The van der Waals surface area contributed by atoms with Gasteiger partial charge in [0.2, 0.25) is 11.3 Å². The highest BCUT2D eigenvalue weighted by Crippen LogP contribution is 2.22. The summed E-state index contributed by atoms with van der Waals surface area (Å²) in [5, 5.41) is 0.629. The molecule has 0 aliphatic carbocycles. The number of aromatic amines is 2. The number of furan rings is 1. The van der Waals surface area contributed by atoms with Gasteiger partial charge in [-0.15, -0.1) is 0 Å². The van der Waals surface area contributed by atoms with E-state index < -0.39 is 11.2 Å². The molecule has 2 N–H and O–H groups in total. The van der Waals surface area contributed by atoms with Crippen molar-refractivity contribution in [2.75, 3.05) is 0 Å². The molecule has 0 unspecified atom stereocenters. The number of hydrogen-bond acceptors (Lipinski definition) is 4. The van der Waals surface area contributed by atoms with E-state index in [0.29, 0.717) is 16.6 Å². The Bertz CT molecular complexity index is 809. The molecule has 16 heavy (non-hydrogen) atoms. The van der Waals surface area contributed by atoms with Crippen molar-refractivity contribution >= 4 is 22.2 Å². The van der Waals surface area contributed by atoms with Crippen LogP contribution in [-0.2, 0) is 0 Å².